The van der Waals surface area contributed by atoms with E-state index in [0.717, 1.165) is 0 Å². The molecule has 0 aromatic carbocycles. The third-order valence-corrected chi connectivity index (χ3v) is 0.312. The Bertz CT molecular complexity index is 123. The fraction of sp³-hybridized carbons (Fsp3) is 0.333. The van der Waals surface area contributed by atoms with Crippen molar-refractivity contribution >= 4 is 5.71 Å². The van der Waals surface area contributed by atoms with Crippen molar-refractivity contribution in [2.75, 3.05) is 0 Å². The normalized spacial score (nSPS) is 5.33. The number of rotatable bonds is 0. The molecule has 0 saturated heterocycles. The smallest absolute Gasteiger partial charge is 0.360 e. The van der Waals surface area contributed by atoms with Crippen molar-refractivity contribution < 1.29 is 4.79 Å². The average Bonchev–Trinajstić information content (AvgIpc) is 1.65. The van der Waals surface area contributed by atoms with E-state index in [2.05, 4.69) is 4.79 Å². The molecule has 0 heterocycles. The van der Waals surface area contributed by atoms with Gasteiger partial charge < -0.3 is 5.53 Å². The van der Waals surface area contributed by atoms with Crippen LogP contribution in [0.5, 0.6) is 0 Å². The Morgan fingerprint density at radius 2 is 2.50 bits per heavy atom. The molecule has 0 aliphatic carbocycles. The standard InChI is InChI=1S/C3H3N3/c1-3(2-4)6-5/h1H3. The fourth-order valence-electron chi connectivity index (χ4n) is 0.0224. The van der Waals surface area contributed by atoms with Crippen molar-refractivity contribution in [2.24, 2.45) is 0 Å². The molecule has 0 spiro atoms. The summed E-state index contributed by atoms with van der Waals surface area (Å²) < 4.78 is 0. The highest BCUT2D eigenvalue weighted by Gasteiger charge is 1.86. The predicted molar refractivity (Wildman–Crippen MR) is 19.9 cm³/mol. The summed E-state index contributed by atoms with van der Waals surface area (Å²) >= 11 is 0. The van der Waals surface area contributed by atoms with Gasteiger partial charge >= 0.3 is 5.71 Å². The maximum Gasteiger partial charge on any atom is 0.364 e. The van der Waals surface area contributed by atoms with Crippen LogP contribution in [0.15, 0.2) is 0 Å². The summed E-state index contributed by atoms with van der Waals surface area (Å²) in [4.78, 5) is 2.56. The van der Waals surface area contributed by atoms with Crippen molar-refractivity contribution in [3.8, 4) is 6.07 Å². The molecule has 0 aromatic heterocycles. The molecule has 6 heavy (non-hydrogen) atoms. The second kappa shape index (κ2) is 2.13. The summed E-state index contributed by atoms with van der Waals surface area (Å²) in [5, 5.41) is 7.79. The minimum absolute atomic E-state index is 0.0787. The predicted octanol–water partition coefficient (Wildman–Crippen LogP) is 0.201. The van der Waals surface area contributed by atoms with Crippen LogP contribution in [-0.2, 0) is 0 Å². The van der Waals surface area contributed by atoms with Gasteiger partial charge in [-0.2, -0.15) is 10.1 Å². The lowest BCUT2D eigenvalue weighted by molar-refractivity contribution is -0.00327. The second-order valence-electron chi connectivity index (χ2n) is 0.797. The topological polar surface area (TPSA) is 60.2 Å². The van der Waals surface area contributed by atoms with Gasteiger partial charge in [-0.1, -0.05) is 0 Å². The first-order valence-electron chi connectivity index (χ1n) is 1.40. The Hall–Kier alpha value is -1.13. The summed E-state index contributed by atoms with van der Waals surface area (Å²) in [6.45, 7) is 1.42. The first-order chi connectivity index (χ1) is 2.81. The van der Waals surface area contributed by atoms with Crippen molar-refractivity contribution in [2.45, 2.75) is 6.92 Å². The van der Waals surface area contributed by atoms with E-state index < -0.39 is 0 Å². The lowest BCUT2D eigenvalue weighted by Crippen LogP contribution is -1.81. The third-order valence-electron chi connectivity index (χ3n) is 0.312. The number of nitriles is 1. The molecule has 0 radical (unpaired) electrons. The maximum atomic E-state index is 7.79. The molecule has 0 saturated carbocycles. The molecular weight excluding hydrogens is 78.1 g/mol. The molecule has 0 N–H and O–H groups in total. The van der Waals surface area contributed by atoms with Gasteiger partial charge in [-0.25, -0.2) is 0 Å². The highest BCUT2D eigenvalue weighted by molar-refractivity contribution is 5.91. The van der Waals surface area contributed by atoms with Crippen molar-refractivity contribution in [3.05, 3.63) is 5.53 Å². The van der Waals surface area contributed by atoms with Crippen LogP contribution in [0.2, 0.25) is 0 Å². The third kappa shape index (κ3) is 1.22. The Kier molecular flexibility index (Phi) is 1.73. The lowest BCUT2D eigenvalue weighted by Gasteiger charge is -1.51. The van der Waals surface area contributed by atoms with E-state index in [0.29, 0.717) is 0 Å². The zero-order valence-electron chi connectivity index (χ0n) is 3.34. The molecule has 0 aliphatic rings. The molecule has 3 heteroatoms. The van der Waals surface area contributed by atoms with Gasteiger partial charge in [0.15, 0.2) is 6.07 Å². The van der Waals surface area contributed by atoms with Crippen LogP contribution in [0.25, 0.3) is 5.53 Å². The van der Waals surface area contributed by atoms with Gasteiger partial charge in [0.05, 0.1) is 0 Å². The molecular formula is C3H3N3. The van der Waals surface area contributed by atoms with Crippen molar-refractivity contribution in [3.63, 3.8) is 0 Å². The minimum atomic E-state index is 0.0787. The van der Waals surface area contributed by atoms with Crippen LogP contribution < -0.4 is 0 Å². The average molecular weight is 81.1 g/mol. The lowest BCUT2D eigenvalue weighted by atomic mass is 10.5. The molecule has 30 valence electrons. The molecule has 0 aromatic rings. The van der Waals surface area contributed by atoms with Gasteiger partial charge in [-0.3, -0.25) is 0 Å². The molecule has 0 unspecified atom stereocenters. The van der Waals surface area contributed by atoms with E-state index in [-0.39, 0.29) is 5.71 Å². The van der Waals surface area contributed by atoms with Gasteiger partial charge in [0.2, 0.25) is 0 Å². The molecule has 3 nitrogen and oxygen atoms in total. The zero-order chi connectivity index (χ0) is 4.99. The first-order valence-corrected chi connectivity index (χ1v) is 1.40. The Morgan fingerprint density at radius 1 is 2.00 bits per heavy atom. The summed E-state index contributed by atoms with van der Waals surface area (Å²) in [5.41, 5.74) is 7.78. The van der Waals surface area contributed by atoms with Crippen molar-refractivity contribution in [1.29, 1.82) is 5.26 Å². The van der Waals surface area contributed by atoms with E-state index >= 15 is 0 Å². The van der Waals surface area contributed by atoms with Crippen LogP contribution in [0.1, 0.15) is 6.92 Å². The van der Waals surface area contributed by atoms with E-state index in [1.54, 1.807) is 6.07 Å². The minimum Gasteiger partial charge on any atom is -0.360 e. The fourth-order valence-corrected chi connectivity index (χ4v) is 0.0224. The van der Waals surface area contributed by atoms with Gasteiger partial charge in [-0.05, 0) is 0 Å². The van der Waals surface area contributed by atoms with E-state index in [4.69, 9.17) is 10.8 Å². The summed E-state index contributed by atoms with van der Waals surface area (Å²) in [6.07, 6.45) is 0. The highest BCUT2D eigenvalue weighted by atomic mass is 14.8. The van der Waals surface area contributed by atoms with Crippen LogP contribution in [0.4, 0.5) is 0 Å². The molecule has 0 atom stereocenters. The van der Waals surface area contributed by atoms with Gasteiger partial charge in [-0.15, -0.1) is 0 Å². The van der Waals surface area contributed by atoms with Gasteiger partial charge in [0, 0.05) is 6.92 Å². The van der Waals surface area contributed by atoms with E-state index in [1.165, 1.54) is 6.92 Å². The van der Waals surface area contributed by atoms with E-state index in [9.17, 15) is 0 Å². The zero-order valence-corrected chi connectivity index (χ0v) is 3.34. The SMILES string of the molecule is CC(C#N)=[N+]=[N-]. The second-order valence-corrected chi connectivity index (χ2v) is 0.797. The van der Waals surface area contributed by atoms with Crippen LogP contribution in [0, 0.1) is 11.3 Å². The molecule has 0 bridgehead atoms. The van der Waals surface area contributed by atoms with Crippen molar-refractivity contribution in [1.82, 2.24) is 0 Å². The Labute approximate surface area is 35.4 Å². The van der Waals surface area contributed by atoms with Crippen LogP contribution >= 0.6 is 0 Å². The molecule has 0 amide bonds. The molecule has 0 rings (SSSR count). The summed E-state index contributed by atoms with van der Waals surface area (Å²) in [6, 6.07) is 1.61. The number of nitrogens with zero attached hydrogens (tertiary/aromatic N) is 3. The maximum absolute atomic E-state index is 7.79. The summed E-state index contributed by atoms with van der Waals surface area (Å²) in [7, 11) is 0. The summed E-state index contributed by atoms with van der Waals surface area (Å²) in [5.74, 6) is 0. The monoisotopic (exact) mass is 81.0 g/mol. The van der Waals surface area contributed by atoms with Crippen LogP contribution in [0.3, 0.4) is 0 Å². The quantitative estimate of drug-likeness (QED) is 0.233. The molecule has 0 aliphatic heterocycles. The first kappa shape index (κ1) is 4.87. The van der Waals surface area contributed by atoms with Gasteiger partial charge in [0.1, 0.15) is 0 Å². The molecule has 0 fully saturated rings. The number of hydrogen-bond donors (Lipinski definition) is 0. The Balaban J connectivity index is 3.99. The van der Waals surface area contributed by atoms with Crippen LogP contribution in [-0.4, -0.2) is 10.5 Å². The van der Waals surface area contributed by atoms with E-state index in [1.807, 2.05) is 0 Å². The Morgan fingerprint density at radius 3 is 2.50 bits per heavy atom. The van der Waals surface area contributed by atoms with Gasteiger partial charge in [0.25, 0.3) is 0 Å². The highest BCUT2D eigenvalue weighted by Crippen LogP contribution is 1.54. The number of hydrogen-bond acceptors (Lipinski definition) is 1. The largest absolute Gasteiger partial charge is 0.364 e.